The van der Waals surface area contributed by atoms with Gasteiger partial charge in [0, 0.05) is 29.9 Å². The molecule has 3 amide bonds. The first kappa shape index (κ1) is 29.9. The minimum Gasteiger partial charge on any atom is -0.395 e. The Balaban J connectivity index is 1.50. The van der Waals surface area contributed by atoms with E-state index >= 15 is 0 Å². The average Bonchev–Trinajstić information content (AvgIpc) is 3.66. The molecule has 2 fully saturated rings. The van der Waals surface area contributed by atoms with Crippen molar-refractivity contribution >= 4 is 52.2 Å². The summed E-state index contributed by atoms with van der Waals surface area (Å²) in [6.45, 7) is 0.881. The van der Waals surface area contributed by atoms with Crippen molar-refractivity contribution in [3.05, 3.63) is 75.5 Å². The molecule has 2 heterocycles. The lowest BCUT2D eigenvalue weighted by Gasteiger charge is -2.31. The van der Waals surface area contributed by atoms with Crippen LogP contribution in [-0.2, 0) is 9.53 Å². The highest BCUT2D eigenvalue weighted by molar-refractivity contribution is 7.09. The van der Waals surface area contributed by atoms with E-state index in [2.05, 4.69) is 15.0 Å². The number of carbonyl (C=O) groups is 3. The van der Waals surface area contributed by atoms with Gasteiger partial charge in [0.1, 0.15) is 16.7 Å². The van der Waals surface area contributed by atoms with E-state index in [9.17, 15) is 18.8 Å². The minimum absolute atomic E-state index is 0.0118. The predicted molar refractivity (Wildman–Crippen MR) is 160 cm³/mol. The van der Waals surface area contributed by atoms with Crippen molar-refractivity contribution in [2.24, 2.45) is 0 Å². The maximum Gasteiger partial charge on any atom is 0.273 e. The molecule has 42 heavy (non-hydrogen) atoms. The van der Waals surface area contributed by atoms with Crippen LogP contribution in [0.15, 0.2) is 48.5 Å². The maximum absolute atomic E-state index is 14.3. The highest BCUT2D eigenvalue weighted by atomic mass is 35.5. The van der Waals surface area contributed by atoms with E-state index in [1.807, 2.05) is 0 Å². The van der Waals surface area contributed by atoms with Gasteiger partial charge in [0.2, 0.25) is 5.91 Å². The monoisotopic (exact) mass is 613 g/mol. The fourth-order valence-electron chi connectivity index (χ4n) is 5.39. The number of halogens is 2. The zero-order valence-electron chi connectivity index (χ0n) is 23.0. The van der Waals surface area contributed by atoms with Crippen LogP contribution in [0.25, 0.3) is 0 Å². The molecule has 5 rings (SSSR count). The van der Waals surface area contributed by atoms with Crippen LogP contribution in [0.4, 0.5) is 15.8 Å². The first-order valence-corrected chi connectivity index (χ1v) is 15.3. The summed E-state index contributed by atoms with van der Waals surface area (Å²) >= 11 is 6.94. The lowest BCUT2D eigenvalue weighted by Crippen LogP contribution is -2.45. The van der Waals surface area contributed by atoms with Crippen molar-refractivity contribution in [3.63, 3.8) is 0 Å². The Bertz CT molecular complexity index is 1410. The van der Waals surface area contributed by atoms with Gasteiger partial charge in [-0.1, -0.05) is 43.0 Å². The summed E-state index contributed by atoms with van der Waals surface area (Å²) < 4.78 is 23.8. The Hall–Kier alpha value is -3.54. The van der Waals surface area contributed by atoms with Crippen LogP contribution in [0.2, 0.25) is 5.02 Å². The number of ether oxygens (including phenoxy) is 1. The second kappa shape index (κ2) is 13.6. The molecule has 0 unspecified atom stereocenters. The Morgan fingerprint density at radius 3 is 2.43 bits per heavy atom. The Labute approximate surface area is 252 Å². The molecule has 1 saturated heterocycles. The van der Waals surface area contributed by atoms with Gasteiger partial charge in [0.05, 0.1) is 11.8 Å². The number of carbonyl (C=O) groups excluding carboxylic acids is 3. The SMILES string of the molecule is Nc1c(C(=O)NC2CCCCC2)nsc1C(=O)N(c1ccc(Cl)cc1)[C@H](C(=O)NC[C@H]1CCCO1)c1ccc(F)cc1. The van der Waals surface area contributed by atoms with Gasteiger partial charge < -0.3 is 21.1 Å². The van der Waals surface area contributed by atoms with Crippen molar-refractivity contribution in [2.75, 3.05) is 23.8 Å². The Kier molecular flexibility index (Phi) is 9.71. The lowest BCUT2D eigenvalue weighted by molar-refractivity contribution is -0.123. The van der Waals surface area contributed by atoms with Crippen LogP contribution in [0, 0.1) is 5.82 Å². The normalized spacial score (nSPS) is 17.9. The van der Waals surface area contributed by atoms with Gasteiger partial charge in [-0.05, 0) is 79.2 Å². The highest BCUT2D eigenvalue weighted by Crippen LogP contribution is 2.34. The first-order valence-electron chi connectivity index (χ1n) is 14.1. The summed E-state index contributed by atoms with van der Waals surface area (Å²) in [5.41, 5.74) is 7.03. The molecule has 3 aromatic rings. The summed E-state index contributed by atoms with van der Waals surface area (Å²) in [5, 5.41) is 6.33. The molecule has 1 aliphatic carbocycles. The van der Waals surface area contributed by atoms with Crippen LogP contribution < -0.4 is 21.3 Å². The van der Waals surface area contributed by atoms with Crippen LogP contribution in [0.5, 0.6) is 0 Å². The van der Waals surface area contributed by atoms with Gasteiger partial charge in [-0.3, -0.25) is 19.3 Å². The predicted octanol–water partition coefficient (Wildman–Crippen LogP) is 5.26. The molecular weight excluding hydrogens is 581 g/mol. The molecule has 2 aliphatic rings. The molecule has 222 valence electrons. The van der Waals surface area contributed by atoms with Gasteiger partial charge in [-0.25, -0.2) is 4.39 Å². The zero-order valence-corrected chi connectivity index (χ0v) is 24.6. The van der Waals surface area contributed by atoms with Gasteiger partial charge in [0.15, 0.2) is 5.69 Å². The van der Waals surface area contributed by atoms with E-state index < -0.39 is 29.6 Å². The number of nitrogens with two attached hydrogens (primary N) is 1. The van der Waals surface area contributed by atoms with Crippen LogP contribution in [0.1, 0.15) is 76.7 Å². The quantitative estimate of drug-likeness (QED) is 0.302. The van der Waals surface area contributed by atoms with E-state index in [1.54, 1.807) is 24.3 Å². The van der Waals surface area contributed by atoms with Crippen molar-refractivity contribution in [3.8, 4) is 0 Å². The van der Waals surface area contributed by atoms with Crippen molar-refractivity contribution < 1.29 is 23.5 Å². The first-order chi connectivity index (χ1) is 20.3. The number of hydrogen-bond acceptors (Lipinski definition) is 7. The molecule has 1 saturated carbocycles. The molecule has 0 radical (unpaired) electrons. The largest absolute Gasteiger partial charge is 0.395 e. The third kappa shape index (κ3) is 6.91. The Morgan fingerprint density at radius 2 is 1.76 bits per heavy atom. The van der Waals surface area contributed by atoms with Crippen molar-refractivity contribution in [1.29, 1.82) is 0 Å². The van der Waals surface area contributed by atoms with Crippen LogP contribution >= 0.6 is 23.1 Å². The summed E-state index contributed by atoms with van der Waals surface area (Å²) in [6, 6.07) is 10.6. The number of benzene rings is 2. The zero-order chi connectivity index (χ0) is 29.6. The number of aromatic nitrogens is 1. The molecular formula is C30H33ClFN5O4S. The van der Waals surface area contributed by atoms with Gasteiger partial charge >= 0.3 is 0 Å². The molecule has 1 aromatic heterocycles. The number of nitrogen functional groups attached to an aromatic ring is 1. The van der Waals surface area contributed by atoms with E-state index in [0.717, 1.165) is 56.5 Å². The topological polar surface area (TPSA) is 127 Å². The summed E-state index contributed by atoms with van der Waals surface area (Å²) in [5.74, 6) is -2.04. The van der Waals surface area contributed by atoms with E-state index in [4.69, 9.17) is 22.1 Å². The molecule has 2 aromatic carbocycles. The molecule has 12 heteroatoms. The van der Waals surface area contributed by atoms with E-state index in [1.165, 1.54) is 29.2 Å². The molecule has 9 nitrogen and oxygen atoms in total. The van der Waals surface area contributed by atoms with E-state index in [-0.39, 0.29) is 34.9 Å². The number of nitrogens with one attached hydrogen (secondary N) is 2. The van der Waals surface area contributed by atoms with Crippen LogP contribution in [0.3, 0.4) is 0 Å². The minimum atomic E-state index is -1.21. The maximum atomic E-state index is 14.3. The summed E-state index contributed by atoms with van der Waals surface area (Å²) in [4.78, 5) is 42.5. The molecule has 2 atom stereocenters. The summed E-state index contributed by atoms with van der Waals surface area (Å²) in [7, 11) is 0. The smallest absolute Gasteiger partial charge is 0.273 e. The van der Waals surface area contributed by atoms with Crippen molar-refractivity contribution in [1.82, 2.24) is 15.0 Å². The van der Waals surface area contributed by atoms with Gasteiger partial charge in [0.25, 0.3) is 11.8 Å². The molecule has 1 aliphatic heterocycles. The number of amides is 3. The average molecular weight is 614 g/mol. The number of nitrogens with zero attached hydrogens (tertiary/aromatic N) is 2. The van der Waals surface area contributed by atoms with E-state index in [0.29, 0.717) is 22.9 Å². The molecule has 4 N–H and O–H groups in total. The lowest BCUT2D eigenvalue weighted by atomic mass is 9.95. The van der Waals surface area contributed by atoms with Crippen molar-refractivity contribution in [2.45, 2.75) is 63.1 Å². The second-order valence-corrected chi connectivity index (χ2v) is 11.8. The standard InChI is InChI=1S/C30H33ClFN5O4S/c31-19-10-14-22(15-11-19)37(26(18-8-12-20(32)13-9-18)29(39)34-17-23-7-4-16-41-23)30(40)27-24(33)25(36-42-27)28(38)35-21-5-2-1-3-6-21/h8-15,21,23,26H,1-7,16-17,33H2,(H,34,39)(H,35,38)/t23-,26+/m1/s1. The third-order valence-corrected chi connectivity index (χ3v) is 8.72. The number of rotatable bonds is 9. The fourth-order valence-corrected chi connectivity index (χ4v) is 6.25. The van der Waals surface area contributed by atoms with Crippen LogP contribution in [-0.4, -0.2) is 47.4 Å². The number of hydrogen-bond donors (Lipinski definition) is 3. The third-order valence-electron chi connectivity index (χ3n) is 7.62. The second-order valence-electron chi connectivity index (χ2n) is 10.6. The number of anilines is 2. The Morgan fingerprint density at radius 1 is 1.05 bits per heavy atom. The van der Waals surface area contributed by atoms with Gasteiger partial charge in [-0.15, -0.1) is 0 Å². The molecule has 0 spiro atoms. The molecule has 0 bridgehead atoms. The highest BCUT2D eigenvalue weighted by Gasteiger charge is 2.37. The fraction of sp³-hybridized carbons (Fsp3) is 0.400. The summed E-state index contributed by atoms with van der Waals surface area (Å²) in [6.07, 6.45) is 6.56. The van der Waals surface area contributed by atoms with Gasteiger partial charge in [-0.2, -0.15) is 4.37 Å².